The van der Waals surface area contributed by atoms with Gasteiger partial charge in [0.2, 0.25) is 6.29 Å². The van der Waals surface area contributed by atoms with E-state index in [2.05, 4.69) is 6.92 Å². The maximum Gasteiger partial charge on any atom is 0.229 e. The number of hydrogen-bond donors (Lipinski definition) is 1. The summed E-state index contributed by atoms with van der Waals surface area (Å²) >= 11 is 0. The number of hydrogen-bond acceptors (Lipinski definition) is 2. The van der Waals surface area contributed by atoms with E-state index in [1.165, 1.54) is 19.3 Å². The van der Waals surface area contributed by atoms with Crippen LogP contribution in [-0.4, -0.2) is 11.4 Å². The van der Waals surface area contributed by atoms with Crippen LogP contribution in [-0.2, 0) is 4.79 Å². The first kappa shape index (κ1) is 11.2. The molecule has 2 heteroatoms. The van der Waals surface area contributed by atoms with Crippen molar-refractivity contribution in [3.8, 4) is 0 Å². The molecule has 2 nitrogen and oxygen atoms in total. The van der Waals surface area contributed by atoms with Crippen LogP contribution in [0.2, 0.25) is 0 Å². The molecule has 0 aromatic rings. The molecule has 0 aliphatic rings. The van der Waals surface area contributed by atoms with Gasteiger partial charge >= 0.3 is 0 Å². The Bertz CT molecular complexity index is 139. The van der Waals surface area contributed by atoms with Crippen LogP contribution >= 0.6 is 0 Å². The highest BCUT2D eigenvalue weighted by atomic mass is 16.3. The second-order valence-corrected chi connectivity index (χ2v) is 2.92. The van der Waals surface area contributed by atoms with Crippen molar-refractivity contribution >= 4 is 6.29 Å². The lowest BCUT2D eigenvalue weighted by atomic mass is 10.1. The predicted molar refractivity (Wildman–Crippen MR) is 49.8 cm³/mol. The van der Waals surface area contributed by atoms with E-state index in [0.717, 1.165) is 18.9 Å². The SMILES string of the molecule is CCCCCCC/C(O)=C/[C]=O. The Morgan fingerprint density at radius 3 is 2.58 bits per heavy atom. The Labute approximate surface area is 74.3 Å². The van der Waals surface area contributed by atoms with E-state index in [-0.39, 0.29) is 5.76 Å². The molecule has 0 saturated heterocycles. The number of allylic oxidation sites excluding steroid dienone is 2. The molecule has 0 saturated carbocycles. The fourth-order valence-electron chi connectivity index (χ4n) is 1.05. The second kappa shape index (κ2) is 8.31. The Balaban J connectivity index is 3.19. The highest BCUT2D eigenvalue weighted by Gasteiger charge is 1.93. The van der Waals surface area contributed by atoms with Gasteiger partial charge in [0.25, 0.3) is 0 Å². The lowest BCUT2D eigenvalue weighted by molar-refractivity contribution is 0.380. The van der Waals surface area contributed by atoms with Gasteiger partial charge in [-0.3, -0.25) is 4.79 Å². The third-order valence-electron chi connectivity index (χ3n) is 1.76. The van der Waals surface area contributed by atoms with Gasteiger partial charge in [-0.2, -0.15) is 0 Å². The van der Waals surface area contributed by atoms with Gasteiger partial charge in [0.1, 0.15) is 0 Å². The second-order valence-electron chi connectivity index (χ2n) is 2.92. The smallest absolute Gasteiger partial charge is 0.229 e. The summed E-state index contributed by atoms with van der Waals surface area (Å²) in [6.45, 7) is 2.17. The monoisotopic (exact) mass is 169 g/mol. The molecule has 1 radical (unpaired) electrons. The lowest BCUT2D eigenvalue weighted by Gasteiger charge is -1.98. The largest absolute Gasteiger partial charge is 0.512 e. The fraction of sp³-hybridized carbons (Fsp3) is 0.700. The number of carbonyl (C=O) groups excluding carboxylic acids is 1. The zero-order chi connectivity index (χ0) is 9.23. The van der Waals surface area contributed by atoms with Crippen molar-refractivity contribution in [2.24, 2.45) is 0 Å². The van der Waals surface area contributed by atoms with Crippen molar-refractivity contribution in [1.29, 1.82) is 0 Å². The average Bonchev–Trinajstić information content (AvgIpc) is 2.05. The Hall–Kier alpha value is -0.790. The van der Waals surface area contributed by atoms with Crippen molar-refractivity contribution in [1.82, 2.24) is 0 Å². The minimum Gasteiger partial charge on any atom is -0.512 e. The molecule has 69 valence electrons. The molecule has 0 heterocycles. The lowest BCUT2D eigenvalue weighted by Crippen LogP contribution is -1.83. The molecule has 0 rings (SSSR count). The molecule has 0 bridgehead atoms. The molecule has 0 fully saturated rings. The minimum absolute atomic E-state index is 0.154. The standard InChI is InChI=1S/C10H17O2/c1-2-3-4-5-6-7-10(12)8-9-11/h8,12H,2-7H2,1H3/b10-8-. The minimum atomic E-state index is 0.154. The van der Waals surface area contributed by atoms with Gasteiger partial charge in [-0.15, -0.1) is 0 Å². The highest BCUT2D eigenvalue weighted by molar-refractivity contribution is 5.66. The van der Waals surface area contributed by atoms with E-state index in [1.54, 1.807) is 6.29 Å². The van der Waals surface area contributed by atoms with Crippen LogP contribution in [0, 0.1) is 0 Å². The molecule has 12 heavy (non-hydrogen) atoms. The van der Waals surface area contributed by atoms with E-state index < -0.39 is 0 Å². The average molecular weight is 169 g/mol. The van der Waals surface area contributed by atoms with Gasteiger partial charge in [0, 0.05) is 12.5 Å². The van der Waals surface area contributed by atoms with Crippen molar-refractivity contribution in [2.75, 3.05) is 0 Å². The van der Waals surface area contributed by atoms with E-state index >= 15 is 0 Å². The number of aliphatic hydroxyl groups is 1. The van der Waals surface area contributed by atoms with E-state index in [1.807, 2.05) is 0 Å². The van der Waals surface area contributed by atoms with Crippen LogP contribution < -0.4 is 0 Å². The van der Waals surface area contributed by atoms with Gasteiger partial charge in [-0.05, 0) is 6.42 Å². The normalized spacial score (nSPS) is 11.6. The first-order valence-electron chi connectivity index (χ1n) is 4.57. The molecule has 0 unspecified atom stereocenters. The molecule has 0 aliphatic carbocycles. The molecular weight excluding hydrogens is 152 g/mol. The summed E-state index contributed by atoms with van der Waals surface area (Å²) in [5.74, 6) is 0.154. The Morgan fingerprint density at radius 2 is 2.00 bits per heavy atom. The predicted octanol–water partition coefficient (Wildman–Crippen LogP) is 2.90. The van der Waals surface area contributed by atoms with Gasteiger partial charge < -0.3 is 5.11 Å². The fourth-order valence-corrected chi connectivity index (χ4v) is 1.05. The van der Waals surface area contributed by atoms with Crippen molar-refractivity contribution in [2.45, 2.75) is 45.4 Å². The van der Waals surface area contributed by atoms with E-state index in [9.17, 15) is 4.79 Å². The van der Waals surface area contributed by atoms with Crippen LogP contribution in [0.1, 0.15) is 45.4 Å². The van der Waals surface area contributed by atoms with Gasteiger partial charge in [-0.25, -0.2) is 0 Å². The van der Waals surface area contributed by atoms with Gasteiger partial charge in [0.05, 0.1) is 5.76 Å². The third kappa shape index (κ3) is 7.32. The van der Waals surface area contributed by atoms with E-state index in [0.29, 0.717) is 6.42 Å². The maximum absolute atomic E-state index is 9.79. The molecule has 0 amide bonds. The molecule has 0 aromatic heterocycles. The molecule has 1 N–H and O–H groups in total. The molecular formula is C10H17O2. The summed E-state index contributed by atoms with van der Waals surface area (Å²) in [6.07, 6.45) is 9.05. The quantitative estimate of drug-likeness (QED) is 0.361. The Kier molecular flexibility index (Phi) is 7.76. The van der Waals surface area contributed by atoms with Crippen molar-refractivity contribution in [3.05, 3.63) is 11.8 Å². The van der Waals surface area contributed by atoms with Crippen LogP contribution in [0.5, 0.6) is 0 Å². The summed E-state index contributed by atoms with van der Waals surface area (Å²) < 4.78 is 0. The maximum atomic E-state index is 9.79. The number of aliphatic hydroxyl groups excluding tert-OH is 1. The van der Waals surface area contributed by atoms with Gasteiger partial charge in [0.15, 0.2) is 0 Å². The zero-order valence-corrected chi connectivity index (χ0v) is 7.68. The first-order chi connectivity index (χ1) is 5.81. The zero-order valence-electron chi connectivity index (χ0n) is 7.68. The highest BCUT2D eigenvalue weighted by Crippen LogP contribution is 2.08. The first-order valence-corrected chi connectivity index (χ1v) is 4.57. The van der Waals surface area contributed by atoms with Crippen molar-refractivity contribution in [3.63, 3.8) is 0 Å². The number of unbranched alkanes of at least 4 members (excludes halogenated alkanes) is 4. The Morgan fingerprint density at radius 1 is 1.33 bits per heavy atom. The topological polar surface area (TPSA) is 37.3 Å². The summed E-state index contributed by atoms with van der Waals surface area (Å²) in [7, 11) is 0. The van der Waals surface area contributed by atoms with Gasteiger partial charge in [-0.1, -0.05) is 32.6 Å². The van der Waals surface area contributed by atoms with Crippen LogP contribution in [0.3, 0.4) is 0 Å². The van der Waals surface area contributed by atoms with Crippen LogP contribution in [0.4, 0.5) is 0 Å². The summed E-state index contributed by atoms with van der Waals surface area (Å²) in [6, 6.07) is 0. The van der Waals surface area contributed by atoms with Crippen LogP contribution in [0.15, 0.2) is 11.8 Å². The summed E-state index contributed by atoms with van der Waals surface area (Å²) in [5.41, 5.74) is 0. The summed E-state index contributed by atoms with van der Waals surface area (Å²) in [4.78, 5) is 9.79. The van der Waals surface area contributed by atoms with Crippen LogP contribution in [0.25, 0.3) is 0 Å². The summed E-state index contributed by atoms with van der Waals surface area (Å²) in [5, 5.41) is 9.00. The molecule has 0 spiro atoms. The van der Waals surface area contributed by atoms with E-state index in [4.69, 9.17) is 5.11 Å². The molecule has 0 atom stereocenters. The number of rotatable bonds is 7. The van der Waals surface area contributed by atoms with Crippen molar-refractivity contribution < 1.29 is 9.90 Å². The molecule has 0 aromatic carbocycles. The third-order valence-corrected chi connectivity index (χ3v) is 1.76. The molecule has 0 aliphatic heterocycles.